The molecule has 4 nitrogen and oxygen atoms in total. The maximum atomic E-state index is 12.3. The molecule has 0 spiro atoms. The van der Waals surface area contributed by atoms with Gasteiger partial charge in [0.15, 0.2) is 0 Å². The van der Waals surface area contributed by atoms with Crippen molar-refractivity contribution in [2.75, 3.05) is 26.3 Å². The van der Waals surface area contributed by atoms with Gasteiger partial charge < -0.3 is 14.4 Å². The average molecular weight is 277 g/mol. The zero-order valence-electron chi connectivity index (χ0n) is 12.3. The normalized spacial score (nSPS) is 18.0. The molecule has 1 atom stereocenters. The molecule has 0 aromatic heterocycles. The van der Waals surface area contributed by atoms with E-state index < -0.39 is 0 Å². The van der Waals surface area contributed by atoms with Crippen LogP contribution in [0.15, 0.2) is 24.3 Å². The number of rotatable bonds is 6. The third-order valence-electron chi connectivity index (χ3n) is 3.59. The Labute approximate surface area is 120 Å². The molecule has 0 aliphatic carbocycles. The highest BCUT2D eigenvalue weighted by Gasteiger charge is 2.17. The molecule has 0 N–H and O–H groups in total. The minimum absolute atomic E-state index is 0.0533. The molecule has 2 rings (SSSR count). The lowest BCUT2D eigenvalue weighted by Gasteiger charge is -2.19. The number of amides is 1. The number of hydrogen-bond acceptors (Lipinski definition) is 3. The average Bonchev–Trinajstić information content (AvgIpc) is 3.00. The highest BCUT2D eigenvalue weighted by molar-refractivity contribution is 5.94. The lowest BCUT2D eigenvalue weighted by Crippen LogP contribution is -2.30. The summed E-state index contributed by atoms with van der Waals surface area (Å²) < 4.78 is 11.3. The minimum Gasteiger partial charge on any atom is -0.491 e. The van der Waals surface area contributed by atoms with E-state index in [-0.39, 0.29) is 12.0 Å². The Morgan fingerprint density at radius 2 is 2.20 bits per heavy atom. The molecule has 20 heavy (non-hydrogen) atoms. The summed E-state index contributed by atoms with van der Waals surface area (Å²) in [7, 11) is 0. The van der Waals surface area contributed by atoms with Crippen LogP contribution in [-0.2, 0) is 4.74 Å². The third-order valence-corrected chi connectivity index (χ3v) is 3.59. The van der Waals surface area contributed by atoms with Crippen LogP contribution in [0.4, 0.5) is 0 Å². The fourth-order valence-corrected chi connectivity index (χ4v) is 2.38. The van der Waals surface area contributed by atoms with Gasteiger partial charge in [-0.2, -0.15) is 0 Å². The first-order chi connectivity index (χ1) is 9.74. The monoisotopic (exact) mass is 277 g/mol. The molecule has 1 amide bonds. The Morgan fingerprint density at radius 1 is 1.40 bits per heavy atom. The fourth-order valence-electron chi connectivity index (χ4n) is 2.38. The molecule has 1 unspecified atom stereocenters. The Bertz CT molecular complexity index is 437. The van der Waals surface area contributed by atoms with E-state index >= 15 is 0 Å². The Morgan fingerprint density at radius 3 is 2.85 bits per heavy atom. The number of nitrogens with zero attached hydrogens (tertiary/aromatic N) is 1. The molecule has 0 saturated carbocycles. The summed E-state index contributed by atoms with van der Waals surface area (Å²) >= 11 is 0. The zero-order chi connectivity index (χ0) is 14.4. The molecule has 1 aromatic carbocycles. The van der Waals surface area contributed by atoms with E-state index in [1.54, 1.807) is 4.90 Å². The summed E-state index contributed by atoms with van der Waals surface area (Å²) in [6, 6.07) is 7.39. The van der Waals surface area contributed by atoms with Crippen molar-refractivity contribution in [2.45, 2.75) is 32.8 Å². The van der Waals surface area contributed by atoms with Gasteiger partial charge in [0.05, 0.1) is 6.10 Å². The van der Waals surface area contributed by atoms with Crippen molar-refractivity contribution in [1.29, 1.82) is 0 Å². The van der Waals surface area contributed by atoms with Crippen molar-refractivity contribution < 1.29 is 14.3 Å². The van der Waals surface area contributed by atoms with E-state index in [0.717, 1.165) is 38.3 Å². The smallest absolute Gasteiger partial charge is 0.253 e. The van der Waals surface area contributed by atoms with E-state index in [1.807, 2.05) is 38.1 Å². The van der Waals surface area contributed by atoms with Crippen LogP contribution in [0.1, 0.15) is 37.0 Å². The molecule has 4 heteroatoms. The number of carbonyl (C=O) groups excluding carboxylic acids is 1. The van der Waals surface area contributed by atoms with E-state index in [2.05, 4.69) is 0 Å². The largest absolute Gasteiger partial charge is 0.491 e. The molecule has 1 saturated heterocycles. The SMILES string of the molecule is CCN(CC)C(=O)c1cccc(OCC2CCCO2)c1. The predicted octanol–water partition coefficient (Wildman–Crippen LogP) is 2.73. The highest BCUT2D eigenvalue weighted by Crippen LogP contribution is 2.18. The van der Waals surface area contributed by atoms with Crippen LogP contribution >= 0.6 is 0 Å². The molecule has 1 aliphatic heterocycles. The Kier molecular flexibility index (Phi) is 5.41. The Hall–Kier alpha value is -1.55. The summed E-state index contributed by atoms with van der Waals surface area (Å²) in [6.45, 7) is 6.79. The van der Waals surface area contributed by atoms with Gasteiger partial charge in [0, 0.05) is 25.3 Å². The van der Waals surface area contributed by atoms with Crippen LogP contribution in [-0.4, -0.2) is 43.2 Å². The quantitative estimate of drug-likeness (QED) is 0.802. The van der Waals surface area contributed by atoms with Crippen LogP contribution < -0.4 is 4.74 Å². The van der Waals surface area contributed by atoms with Gasteiger partial charge in [-0.15, -0.1) is 0 Å². The zero-order valence-corrected chi connectivity index (χ0v) is 12.3. The van der Waals surface area contributed by atoms with Crippen molar-refractivity contribution in [3.05, 3.63) is 29.8 Å². The van der Waals surface area contributed by atoms with Crippen molar-refractivity contribution in [3.63, 3.8) is 0 Å². The lowest BCUT2D eigenvalue weighted by molar-refractivity contribution is 0.0678. The molecule has 1 heterocycles. The molecule has 1 fully saturated rings. The van der Waals surface area contributed by atoms with Gasteiger partial charge in [-0.3, -0.25) is 4.79 Å². The van der Waals surface area contributed by atoms with Gasteiger partial charge in [0.2, 0.25) is 0 Å². The van der Waals surface area contributed by atoms with E-state index in [4.69, 9.17) is 9.47 Å². The first kappa shape index (κ1) is 14.9. The van der Waals surface area contributed by atoms with Gasteiger partial charge in [-0.05, 0) is 44.9 Å². The van der Waals surface area contributed by atoms with E-state index in [9.17, 15) is 4.79 Å². The molecular formula is C16H23NO3. The number of benzene rings is 1. The second-order valence-corrected chi connectivity index (χ2v) is 4.95. The predicted molar refractivity (Wildman–Crippen MR) is 78.2 cm³/mol. The Balaban J connectivity index is 1.97. The lowest BCUT2D eigenvalue weighted by atomic mass is 10.2. The first-order valence-electron chi connectivity index (χ1n) is 7.38. The van der Waals surface area contributed by atoms with Gasteiger partial charge in [-0.1, -0.05) is 6.07 Å². The highest BCUT2D eigenvalue weighted by atomic mass is 16.5. The van der Waals surface area contributed by atoms with Crippen molar-refractivity contribution >= 4 is 5.91 Å². The second kappa shape index (κ2) is 7.29. The molecular weight excluding hydrogens is 254 g/mol. The number of hydrogen-bond donors (Lipinski definition) is 0. The van der Waals surface area contributed by atoms with Crippen molar-refractivity contribution in [2.24, 2.45) is 0 Å². The van der Waals surface area contributed by atoms with Crippen LogP contribution in [0.25, 0.3) is 0 Å². The molecule has 0 radical (unpaired) electrons. The maximum Gasteiger partial charge on any atom is 0.253 e. The van der Waals surface area contributed by atoms with Gasteiger partial charge >= 0.3 is 0 Å². The molecule has 0 bridgehead atoms. The second-order valence-electron chi connectivity index (χ2n) is 4.95. The third kappa shape index (κ3) is 3.73. The van der Waals surface area contributed by atoms with E-state index in [1.165, 1.54) is 0 Å². The van der Waals surface area contributed by atoms with Gasteiger partial charge in [0.1, 0.15) is 12.4 Å². The summed E-state index contributed by atoms with van der Waals surface area (Å²) in [4.78, 5) is 14.1. The maximum absolute atomic E-state index is 12.3. The van der Waals surface area contributed by atoms with Crippen LogP contribution in [0.2, 0.25) is 0 Å². The van der Waals surface area contributed by atoms with Crippen molar-refractivity contribution in [3.8, 4) is 5.75 Å². The summed E-state index contributed by atoms with van der Waals surface area (Å²) in [6.07, 6.45) is 2.35. The topological polar surface area (TPSA) is 38.8 Å². The molecule has 1 aromatic rings. The van der Waals surface area contributed by atoms with Crippen molar-refractivity contribution in [1.82, 2.24) is 4.90 Å². The number of carbonyl (C=O) groups is 1. The van der Waals surface area contributed by atoms with E-state index in [0.29, 0.717) is 12.2 Å². The van der Waals surface area contributed by atoms with Crippen LogP contribution in [0, 0.1) is 0 Å². The summed E-state index contributed by atoms with van der Waals surface area (Å²) in [5.41, 5.74) is 0.679. The van der Waals surface area contributed by atoms with Crippen LogP contribution in [0.5, 0.6) is 5.75 Å². The fraction of sp³-hybridized carbons (Fsp3) is 0.562. The number of ether oxygens (including phenoxy) is 2. The molecule has 1 aliphatic rings. The summed E-state index contributed by atoms with van der Waals surface area (Å²) in [5.74, 6) is 0.788. The van der Waals surface area contributed by atoms with Crippen LogP contribution in [0.3, 0.4) is 0 Å². The van der Waals surface area contributed by atoms with Gasteiger partial charge in [0.25, 0.3) is 5.91 Å². The molecule has 110 valence electrons. The minimum atomic E-state index is 0.0533. The van der Waals surface area contributed by atoms with Gasteiger partial charge in [-0.25, -0.2) is 0 Å². The summed E-state index contributed by atoms with van der Waals surface area (Å²) in [5, 5.41) is 0. The first-order valence-corrected chi connectivity index (χ1v) is 7.38. The standard InChI is InChI=1S/C16H23NO3/c1-3-17(4-2)16(18)13-7-5-8-14(11-13)20-12-15-9-6-10-19-15/h5,7-8,11,15H,3-4,6,9-10,12H2,1-2H3.